The van der Waals surface area contributed by atoms with Gasteiger partial charge in [0.15, 0.2) is 0 Å². The standard InChI is InChI=1S/C15H21NO3S/c1-12(13-8-4-3-5-9-13)16(18)14(20)10-6-7-11-15(17)19-2/h3-5,8-9,12,18H,6-7,10-11H2,1-2H3. The van der Waals surface area contributed by atoms with Crippen LogP contribution >= 0.6 is 12.2 Å². The van der Waals surface area contributed by atoms with Crippen LogP contribution in [0.5, 0.6) is 0 Å². The Balaban J connectivity index is 2.37. The quantitative estimate of drug-likeness (QED) is 0.361. The number of benzene rings is 1. The fraction of sp³-hybridized carbons (Fsp3) is 0.467. The summed E-state index contributed by atoms with van der Waals surface area (Å²) in [5.41, 5.74) is 1.01. The van der Waals surface area contributed by atoms with Gasteiger partial charge in [-0.1, -0.05) is 42.5 Å². The van der Waals surface area contributed by atoms with Crippen LogP contribution in [0.1, 0.15) is 44.2 Å². The Morgan fingerprint density at radius 2 is 1.90 bits per heavy atom. The number of ether oxygens (including phenoxy) is 1. The van der Waals surface area contributed by atoms with E-state index in [9.17, 15) is 10.0 Å². The molecule has 0 bridgehead atoms. The van der Waals surface area contributed by atoms with Gasteiger partial charge in [-0.2, -0.15) is 0 Å². The number of nitrogens with zero attached hydrogens (tertiary/aromatic N) is 1. The van der Waals surface area contributed by atoms with Crippen molar-refractivity contribution >= 4 is 23.2 Å². The molecule has 0 aliphatic carbocycles. The molecule has 1 atom stereocenters. The highest BCUT2D eigenvalue weighted by atomic mass is 32.1. The lowest BCUT2D eigenvalue weighted by Gasteiger charge is -2.25. The molecular formula is C15H21NO3S. The Morgan fingerprint density at radius 3 is 2.50 bits per heavy atom. The van der Waals surface area contributed by atoms with Gasteiger partial charge in [-0.05, 0) is 25.3 Å². The minimum Gasteiger partial charge on any atom is -0.469 e. The SMILES string of the molecule is COC(=O)CCCCC(=S)N(O)C(C)c1ccccc1. The number of unbranched alkanes of at least 4 members (excludes halogenated alkanes) is 1. The molecule has 0 heterocycles. The summed E-state index contributed by atoms with van der Waals surface area (Å²) in [6.07, 6.45) is 2.44. The molecule has 1 aromatic rings. The van der Waals surface area contributed by atoms with E-state index in [1.54, 1.807) is 0 Å². The van der Waals surface area contributed by atoms with E-state index in [0.717, 1.165) is 17.0 Å². The van der Waals surface area contributed by atoms with Crippen LogP contribution in [0, 0.1) is 0 Å². The molecule has 0 amide bonds. The molecule has 1 rings (SSSR count). The van der Waals surface area contributed by atoms with Crippen molar-refractivity contribution in [1.82, 2.24) is 5.06 Å². The number of carbonyl (C=O) groups excluding carboxylic acids is 1. The summed E-state index contributed by atoms with van der Waals surface area (Å²) >= 11 is 5.22. The van der Waals surface area contributed by atoms with E-state index in [4.69, 9.17) is 12.2 Å². The number of hydrogen-bond acceptors (Lipinski definition) is 4. The maximum atomic E-state index is 11.0. The first-order valence-electron chi connectivity index (χ1n) is 6.69. The van der Waals surface area contributed by atoms with Gasteiger partial charge < -0.3 is 4.74 Å². The van der Waals surface area contributed by atoms with Crippen LogP contribution in [0.25, 0.3) is 0 Å². The zero-order chi connectivity index (χ0) is 15.0. The number of methoxy groups -OCH3 is 1. The summed E-state index contributed by atoms with van der Waals surface area (Å²) < 4.78 is 4.57. The van der Waals surface area contributed by atoms with Gasteiger partial charge in [0.25, 0.3) is 0 Å². The summed E-state index contributed by atoms with van der Waals surface area (Å²) in [5, 5.41) is 11.2. The van der Waals surface area contributed by atoms with Crippen molar-refractivity contribution in [3.63, 3.8) is 0 Å². The number of hydrogen-bond donors (Lipinski definition) is 1. The zero-order valence-electron chi connectivity index (χ0n) is 11.9. The molecule has 0 saturated carbocycles. The van der Waals surface area contributed by atoms with Gasteiger partial charge in [-0.15, -0.1) is 0 Å². The predicted octanol–water partition coefficient (Wildman–Crippen LogP) is 3.50. The summed E-state index contributed by atoms with van der Waals surface area (Å²) in [5.74, 6) is -0.213. The van der Waals surface area contributed by atoms with Crippen molar-refractivity contribution in [3.8, 4) is 0 Å². The van der Waals surface area contributed by atoms with Crippen LogP contribution in [-0.2, 0) is 9.53 Å². The van der Waals surface area contributed by atoms with Crippen molar-refractivity contribution in [2.24, 2.45) is 0 Å². The van der Waals surface area contributed by atoms with E-state index < -0.39 is 0 Å². The second-order valence-electron chi connectivity index (χ2n) is 4.61. The van der Waals surface area contributed by atoms with Gasteiger partial charge in [0, 0.05) is 12.8 Å². The largest absolute Gasteiger partial charge is 0.469 e. The first-order valence-corrected chi connectivity index (χ1v) is 7.09. The van der Waals surface area contributed by atoms with Crippen molar-refractivity contribution in [3.05, 3.63) is 35.9 Å². The van der Waals surface area contributed by atoms with Gasteiger partial charge in [0.2, 0.25) is 0 Å². The molecule has 0 saturated heterocycles. The van der Waals surface area contributed by atoms with Crippen molar-refractivity contribution in [2.45, 2.75) is 38.6 Å². The highest BCUT2D eigenvalue weighted by Crippen LogP contribution is 2.20. The molecule has 4 nitrogen and oxygen atoms in total. The third-order valence-electron chi connectivity index (χ3n) is 3.15. The molecule has 0 aliphatic rings. The molecule has 0 spiro atoms. The number of hydroxylamine groups is 2. The van der Waals surface area contributed by atoms with Crippen molar-refractivity contribution < 1.29 is 14.7 Å². The zero-order valence-corrected chi connectivity index (χ0v) is 12.7. The third-order valence-corrected chi connectivity index (χ3v) is 3.54. The number of rotatable bonds is 7. The molecule has 1 aromatic carbocycles. The average molecular weight is 295 g/mol. The average Bonchev–Trinajstić information content (AvgIpc) is 2.50. The maximum absolute atomic E-state index is 11.0. The highest BCUT2D eigenvalue weighted by Gasteiger charge is 2.16. The van der Waals surface area contributed by atoms with E-state index in [0.29, 0.717) is 24.3 Å². The molecule has 1 unspecified atom stereocenters. The fourth-order valence-electron chi connectivity index (χ4n) is 1.85. The molecule has 110 valence electrons. The lowest BCUT2D eigenvalue weighted by molar-refractivity contribution is -0.140. The normalized spacial score (nSPS) is 11.8. The van der Waals surface area contributed by atoms with Crippen LogP contribution < -0.4 is 0 Å². The maximum Gasteiger partial charge on any atom is 0.305 e. The molecule has 0 radical (unpaired) electrons. The van der Waals surface area contributed by atoms with Gasteiger partial charge in [-0.25, -0.2) is 5.06 Å². The lowest BCUT2D eigenvalue weighted by atomic mass is 10.1. The van der Waals surface area contributed by atoms with E-state index in [1.165, 1.54) is 7.11 Å². The second kappa shape index (κ2) is 8.66. The van der Waals surface area contributed by atoms with Crippen LogP contribution in [0.2, 0.25) is 0 Å². The Morgan fingerprint density at radius 1 is 1.30 bits per heavy atom. The Labute approximate surface area is 125 Å². The van der Waals surface area contributed by atoms with Crippen LogP contribution in [-0.4, -0.2) is 28.3 Å². The van der Waals surface area contributed by atoms with Crippen LogP contribution in [0.4, 0.5) is 0 Å². The Hall–Kier alpha value is -1.46. The van der Waals surface area contributed by atoms with E-state index in [1.807, 2.05) is 37.3 Å². The third kappa shape index (κ3) is 5.27. The molecule has 20 heavy (non-hydrogen) atoms. The topological polar surface area (TPSA) is 49.8 Å². The predicted molar refractivity (Wildman–Crippen MR) is 81.6 cm³/mol. The summed E-state index contributed by atoms with van der Waals surface area (Å²) in [6.45, 7) is 1.90. The molecule has 1 N–H and O–H groups in total. The van der Waals surface area contributed by atoms with Gasteiger partial charge in [0.05, 0.1) is 13.2 Å². The highest BCUT2D eigenvalue weighted by molar-refractivity contribution is 7.80. The van der Waals surface area contributed by atoms with Gasteiger partial charge >= 0.3 is 5.97 Å². The first-order chi connectivity index (χ1) is 9.56. The molecule has 0 aliphatic heterocycles. The monoisotopic (exact) mass is 295 g/mol. The number of carbonyl (C=O) groups is 1. The van der Waals surface area contributed by atoms with Crippen molar-refractivity contribution in [1.29, 1.82) is 0 Å². The molecular weight excluding hydrogens is 274 g/mol. The number of esters is 1. The number of thiocarbonyl (C=S) groups is 1. The van der Waals surface area contributed by atoms with Crippen LogP contribution in [0.15, 0.2) is 30.3 Å². The Kier molecular flexibility index (Phi) is 7.18. The van der Waals surface area contributed by atoms with Gasteiger partial charge in [0.1, 0.15) is 4.99 Å². The molecule has 0 fully saturated rings. The van der Waals surface area contributed by atoms with E-state index in [-0.39, 0.29) is 12.0 Å². The van der Waals surface area contributed by atoms with E-state index in [2.05, 4.69) is 4.74 Å². The molecule has 5 heteroatoms. The van der Waals surface area contributed by atoms with E-state index >= 15 is 0 Å². The lowest BCUT2D eigenvalue weighted by Crippen LogP contribution is -2.28. The minimum absolute atomic E-state index is 0.177. The first kappa shape index (κ1) is 16.6. The smallest absolute Gasteiger partial charge is 0.305 e. The fourth-order valence-corrected chi connectivity index (χ4v) is 2.15. The van der Waals surface area contributed by atoms with Crippen LogP contribution in [0.3, 0.4) is 0 Å². The summed E-state index contributed by atoms with van der Waals surface area (Å²) in [4.78, 5) is 11.5. The second-order valence-corrected chi connectivity index (χ2v) is 5.08. The minimum atomic E-state index is -0.213. The summed E-state index contributed by atoms with van der Waals surface area (Å²) in [6, 6.07) is 9.52. The van der Waals surface area contributed by atoms with Gasteiger partial charge in [-0.3, -0.25) is 10.0 Å². The molecule has 0 aromatic heterocycles. The van der Waals surface area contributed by atoms with Crippen molar-refractivity contribution in [2.75, 3.05) is 7.11 Å². The Bertz CT molecular complexity index is 436. The summed E-state index contributed by atoms with van der Waals surface area (Å²) in [7, 11) is 1.38.